The number of carbonyl (C=O) groups is 2. The number of aldehydes is 1. The van der Waals surface area contributed by atoms with Crippen LogP contribution >= 0.6 is 0 Å². The van der Waals surface area contributed by atoms with Gasteiger partial charge in [0, 0.05) is 0 Å². The van der Waals surface area contributed by atoms with Gasteiger partial charge in [-0.25, -0.2) is 0 Å². The third-order valence-electron chi connectivity index (χ3n) is 2.42. The average molecular weight is 168 g/mol. The Kier molecular flexibility index (Phi) is 1.35. The van der Waals surface area contributed by atoms with Gasteiger partial charge < -0.3 is 9.84 Å². The van der Waals surface area contributed by atoms with Crippen molar-refractivity contribution in [3.8, 4) is 0 Å². The maximum Gasteiger partial charge on any atom is 0.310 e. The maximum absolute atomic E-state index is 10.7. The van der Waals surface area contributed by atoms with Gasteiger partial charge in [0.15, 0.2) is 11.9 Å². The SMILES string of the molecule is O=CC12C=CC(CC1C(=O)O)O2. The Labute approximate surface area is 68.8 Å². The van der Waals surface area contributed by atoms with Crippen molar-refractivity contribution in [1.82, 2.24) is 0 Å². The summed E-state index contributed by atoms with van der Waals surface area (Å²) in [4.78, 5) is 21.3. The van der Waals surface area contributed by atoms with Crippen LogP contribution in [0.25, 0.3) is 0 Å². The summed E-state index contributed by atoms with van der Waals surface area (Å²) in [5, 5.41) is 8.76. The number of ether oxygens (including phenoxy) is 1. The minimum absolute atomic E-state index is 0.184. The number of carbonyl (C=O) groups excluding carboxylic acids is 1. The van der Waals surface area contributed by atoms with Gasteiger partial charge in [-0.1, -0.05) is 6.08 Å². The standard InChI is InChI=1S/C8H8O4/c9-4-8-2-1-5(12-8)3-6(8)7(10)11/h1-2,4-6H,3H2,(H,10,11). The molecule has 4 heteroatoms. The van der Waals surface area contributed by atoms with Gasteiger partial charge in [-0.05, 0) is 12.5 Å². The predicted octanol–water partition coefficient (Wildman–Crippen LogP) is -0.0164. The first-order chi connectivity index (χ1) is 5.68. The van der Waals surface area contributed by atoms with Crippen LogP contribution in [0.3, 0.4) is 0 Å². The Bertz CT molecular complexity index is 270. The van der Waals surface area contributed by atoms with Crippen molar-refractivity contribution in [3.05, 3.63) is 12.2 Å². The molecule has 4 nitrogen and oxygen atoms in total. The number of carboxylic acids is 1. The molecule has 2 aliphatic heterocycles. The van der Waals surface area contributed by atoms with Gasteiger partial charge in [-0.15, -0.1) is 0 Å². The molecule has 0 aromatic carbocycles. The van der Waals surface area contributed by atoms with Crippen LogP contribution in [0, 0.1) is 5.92 Å². The molecule has 1 fully saturated rings. The van der Waals surface area contributed by atoms with Crippen molar-refractivity contribution >= 4 is 12.3 Å². The molecule has 0 aromatic rings. The first kappa shape index (κ1) is 7.49. The number of hydrogen-bond acceptors (Lipinski definition) is 3. The molecule has 1 saturated heterocycles. The van der Waals surface area contributed by atoms with Gasteiger partial charge in [0.25, 0.3) is 0 Å². The lowest BCUT2D eigenvalue weighted by Gasteiger charge is -2.19. The van der Waals surface area contributed by atoms with Crippen molar-refractivity contribution in [3.63, 3.8) is 0 Å². The van der Waals surface area contributed by atoms with Crippen molar-refractivity contribution in [2.75, 3.05) is 0 Å². The molecule has 2 heterocycles. The molecule has 2 bridgehead atoms. The van der Waals surface area contributed by atoms with Crippen LogP contribution < -0.4 is 0 Å². The Morgan fingerprint density at radius 2 is 2.50 bits per heavy atom. The smallest absolute Gasteiger partial charge is 0.310 e. The van der Waals surface area contributed by atoms with Crippen molar-refractivity contribution in [1.29, 1.82) is 0 Å². The summed E-state index contributed by atoms with van der Waals surface area (Å²) in [7, 11) is 0. The molecule has 0 amide bonds. The maximum atomic E-state index is 10.7. The highest BCUT2D eigenvalue weighted by atomic mass is 16.5. The molecule has 3 atom stereocenters. The molecule has 2 rings (SSSR count). The molecular weight excluding hydrogens is 160 g/mol. The quantitative estimate of drug-likeness (QED) is 0.465. The Morgan fingerprint density at radius 3 is 2.92 bits per heavy atom. The number of rotatable bonds is 2. The fourth-order valence-electron chi connectivity index (χ4n) is 1.78. The number of fused-ring (bicyclic) bond motifs is 2. The second-order valence-corrected chi connectivity index (χ2v) is 3.11. The minimum atomic E-state index is -1.17. The Hall–Kier alpha value is -1.16. The largest absolute Gasteiger partial charge is 0.481 e. The molecule has 0 aromatic heterocycles. The summed E-state index contributed by atoms with van der Waals surface area (Å²) in [6.45, 7) is 0. The third-order valence-corrected chi connectivity index (χ3v) is 2.42. The topological polar surface area (TPSA) is 63.6 Å². The van der Waals surface area contributed by atoms with Crippen LogP contribution in [0.15, 0.2) is 12.2 Å². The minimum Gasteiger partial charge on any atom is -0.481 e. The van der Waals surface area contributed by atoms with E-state index in [2.05, 4.69) is 0 Å². The first-order valence-electron chi connectivity index (χ1n) is 3.74. The van der Waals surface area contributed by atoms with Crippen LogP contribution in [0.2, 0.25) is 0 Å². The summed E-state index contributed by atoms with van der Waals surface area (Å²) < 4.78 is 5.22. The van der Waals surface area contributed by atoms with E-state index in [0.29, 0.717) is 12.7 Å². The van der Waals surface area contributed by atoms with Gasteiger partial charge in [-0.2, -0.15) is 0 Å². The molecule has 12 heavy (non-hydrogen) atoms. The second-order valence-electron chi connectivity index (χ2n) is 3.11. The zero-order valence-corrected chi connectivity index (χ0v) is 6.27. The molecule has 0 aliphatic carbocycles. The van der Waals surface area contributed by atoms with Crippen LogP contribution in [0.1, 0.15) is 6.42 Å². The fourth-order valence-corrected chi connectivity index (χ4v) is 1.78. The van der Waals surface area contributed by atoms with E-state index in [0.717, 1.165) is 0 Å². The molecule has 1 N–H and O–H groups in total. The Morgan fingerprint density at radius 1 is 1.75 bits per heavy atom. The highest BCUT2D eigenvalue weighted by Gasteiger charge is 2.53. The van der Waals surface area contributed by atoms with Crippen LogP contribution in [-0.2, 0) is 14.3 Å². The zero-order valence-electron chi connectivity index (χ0n) is 6.27. The van der Waals surface area contributed by atoms with E-state index < -0.39 is 17.5 Å². The third kappa shape index (κ3) is 0.754. The summed E-state index contributed by atoms with van der Waals surface area (Å²) in [5.41, 5.74) is -1.17. The molecule has 0 spiro atoms. The summed E-state index contributed by atoms with van der Waals surface area (Å²) in [5.74, 6) is -1.67. The van der Waals surface area contributed by atoms with Crippen LogP contribution in [0.4, 0.5) is 0 Å². The Balaban J connectivity index is 2.35. The highest BCUT2D eigenvalue weighted by Crippen LogP contribution is 2.41. The molecule has 2 aliphatic rings. The highest BCUT2D eigenvalue weighted by molar-refractivity contribution is 5.83. The van der Waals surface area contributed by atoms with Crippen molar-refractivity contribution < 1.29 is 19.4 Å². The van der Waals surface area contributed by atoms with Gasteiger partial charge >= 0.3 is 5.97 Å². The summed E-state index contributed by atoms with van der Waals surface area (Å²) in [6.07, 6.45) is 4.09. The molecule has 3 unspecified atom stereocenters. The van der Waals surface area contributed by atoms with E-state index in [1.54, 1.807) is 12.2 Å². The van der Waals surface area contributed by atoms with E-state index in [1.165, 1.54) is 0 Å². The molecule has 0 saturated carbocycles. The summed E-state index contributed by atoms with van der Waals surface area (Å²) in [6, 6.07) is 0. The van der Waals surface area contributed by atoms with Gasteiger partial charge in [0.2, 0.25) is 0 Å². The van der Waals surface area contributed by atoms with E-state index in [4.69, 9.17) is 9.84 Å². The fraction of sp³-hybridized carbons (Fsp3) is 0.500. The van der Waals surface area contributed by atoms with E-state index in [9.17, 15) is 9.59 Å². The van der Waals surface area contributed by atoms with Crippen LogP contribution in [0.5, 0.6) is 0 Å². The van der Waals surface area contributed by atoms with E-state index in [1.807, 2.05) is 0 Å². The van der Waals surface area contributed by atoms with Crippen molar-refractivity contribution in [2.24, 2.45) is 5.92 Å². The first-order valence-corrected chi connectivity index (χ1v) is 3.74. The lowest BCUT2D eigenvalue weighted by molar-refractivity contribution is -0.148. The summed E-state index contributed by atoms with van der Waals surface area (Å²) >= 11 is 0. The zero-order chi connectivity index (χ0) is 8.77. The number of aliphatic carboxylic acids is 1. The normalized spacial score (nSPS) is 43.3. The van der Waals surface area contributed by atoms with Gasteiger partial charge in [0.05, 0.1) is 12.0 Å². The lowest BCUT2D eigenvalue weighted by atomic mass is 9.84. The molecule has 0 radical (unpaired) electrons. The van der Waals surface area contributed by atoms with Crippen LogP contribution in [-0.4, -0.2) is 29.1 Å². The van der Waals surface area contributed by atoms with Gasteiger partial charge in [-0.3, -0.25) is 9.59 Å². The van der Waals surface area contributed by atoms with Gasteiger partial charge in [0.1, 0.15) is 0 Å². The molecule has 64 valence electrons. The number of hydrogen-bond donors (Lipinski definition) is 1. The predicted molar refractivity (Wildman–Crippen MR) is 38.6 cm³/mol. The van der Waals surface area contributed by atoms with E-state index >= 15 is 0 Å². The van der Waals surface area contributed by atoms with Crippen molar-refractivity contribution in [2.45, 2.75) is 18.1 Å². The van der Waals surface area contributed by atoms with E-state index in [-0.39, 0.29) is 6.10 Å². The lowest BCUT2D eigenvalue weighted by Crippen LogP contribution is -2.38. The monoisotopic (exact) mass is 168 g/mol. The molecular formula is C8H8O4. The average Bonchev–Trinajstić information content (AvgIpc) is 2.60. The second kappa shape index (κ2) is 2.17. The number of carboxylic acid groups (broad SMARTS) is 1.